The average molecular weight is 287 g/mol. The summed E-state index contributed by atoms with van der Waals surface area (Å²) in [6.45, 7) is 0.422. The molecule has 1 aromatic heterocycles. The van der Waals surface area contributed by atoms with E-state index in [0.29, 0.717) is 6.54 Å². The fourth-order valence-electron chi connectivity index (χ4n) is 2.49. The molecule has 0 fully saturated rings. The highest BCUT2D eigenvalue weighted by atomic mass is 16.4. The summed E-state index contributed by atoms with van der Waals surface area (Å²) in [7, 11) is 0. The number of H-pyrrole nitrogens is 1. The largest absolute Gasteiger partial charge is 0.481 e. The van der Waals surface area contributed by atoms with Crippen molar-refractivity contribution in [3.63, 3.8) is 0 Å². The summed E-state index contributed by atoms with van der Waals surface area (Å²) in [6, 6.07) is 7.21. The van der Waals surface area contributed by atoms with Crippen molar-refractivity contribution in [2.24, 2.45) is 0 Å². The number of aromatic amines is 1. The number of carbonyl (C=O) groups is 2. The van der Waals surface area contributed by atoms with Gasteiger partial charge < -0.3 is 15.7 Å². The number of amides is 1. The molecule has 4 N–H and O–H groups in total. The molecule has 2 heterocycles. The van der Waals surface area contributed by atoms with E-state index in [2.05, 4.69) is 15.2 Å². The Morgan fingerprint density at radius 2 is 2.14 bits per heavy atom. The molecule has 2 aromatic rings. The van der Waals surface area contributed by atoms with E-state index in [-0.39, 0.29) is 18.3 Å². The number of hydrogen-bond donors (Lipinski definition) is 3. The third-order valence-electron chi connectivity index (χ3n) is 3.49. The van der Waals surface area contributed by atoms with Crippen LogP contribution in [0.25, 0.3) is 0 Å². The van der Waals surface area contributed by atoms with Gasteiger partial charge in [-0.15, -0.1) is 5.10 Å². The fraction of sp³-hybridized carbons (Fsp3) is 0.231. The predicted octanol–water partition coefficient (Wildman–Crippen LogP) is 0.211. The van der Waals surface area contributed by atoms with Crippen LogP contribution in [0.3, 0.4) is 0 Å². The van der Waals surface area contributed by atoms with Crippen molar-refractivity contribution in [3.05, 3.63) is 41.2 Å². The highest BCUT2D eigenvalue weighted by molar-refractivity contribution is 5.91. The minimum absolute atomic E-state index is 0.0102. The van der Waals surface area contributed by atoms with Gasteiger partial charge in [0.05, 0.1) is 5.92 Å². The highest BCUT2D eigenvalue weighted by Gasteiger charge is 2.33. The lowest BCUT2D eigenvalue weighted by Gasteiger charge is -2.32. The van der Waals surface area contributed by atoms with Crippen LogP contribution in [0.1, 0.15) is 27.7 Å². The van der Waals surface area contributed by atoms with Gasteiger partial charge in [0.15, 0.2) is 0 Å². The molecular formula is C13H13N5O3. The van der Waals surface area contributed by atoms with E-state index in [0.717, 1.165) is 11.1 Å². The Bertz CT molecular complexity index is 711. The Balaban J connectivity index is 1.93. The molecule has 3 rings (SSSR count). The molecule has 1 aromatic carbocycles. The third kappa shape index (κ3) is 2.31. The lowest BCUT2D eigenvalue weighted by molar-refractivity contribution is -0.139. The Morgan fingerprint density at radius 3 is 2.81 bits per heavy atom. The zero-order valence-electron chi connectivity index (χ0n) is 11.0. The summed E-state index contributed by atoms with van der Waals surface area (Å²) in [6.07, 6.45) is 0. The van der Waals surface area contributed by atoms with Crippen LogP contribution in [0.5, 0.6) is 0 Å². The lowest BCUT2D eigenvalue weighted by Crippen LogP contribution is -2.41. The van der Waals surface area contributed by atoms with Crippen LogP contribution in [-0.4, -0.2) is 43.6 Å². The van der Waals surface area contributed by atoms with Gasteiger partial charge in [0.25, 0.3) is 5.91 Å². The zero-order valence-corrected chi connectivity index (χ0v) is 11.0. The van der Waals surface area contributed by atoms with Crippen LogP contribution < -0.4 is 5.73 Å². The van der Waals surface area contributed by atoms with Crippen molar-refractivity contribution in [1.29, 1.82) is 0 Å². The van der Waals surface area contributed by atoms with Crippen molar-refractivity contribution >= 4 is 17.8 Å². The van der Waals surface area contributed by atoms with Crippen molar-refractivity contribution in [3.8, 4) is 0 Å². The molecule has 1 atom stereocenters. The maximum atomic E-state index is 12.3. The molecule has 0 aliphatic carbocycles. The number of carboxylic acids is 1. The minimum Gasteiger partial charge on any atom is -0.481 e. The van der Waals surface area contributed by atoms with E-state index in [9.17, 15) is 14.7 Å². The van der Waals surface area contributed by atoms with Crippen LogP contribution in [0.4, 0.5) is 5.95 Å². The smallest absolute Gasteiger partial charge is 0.312 e. The maximum absolute atomic E-state index is 12.3. The van der Waals surface area contributed by atoms with Gasteiger partial charge in [-0.3, -0.25) is 14.7 Å². The Morgan fingerprint density at radius 1 is 1.38 bits per heavy atom. The van der Waals surface area contributed by atoms with Gasteiger partial charge in [0.1, 0.15) is 0 Å². The summed E-state index contributed by atoms with van der Waals surface area (Å²) in [5, 5.41) is 15.4. The quantitative estimate of drug-likeness (QED) is 0.725. The van der Waals surface area contributed by atoms with E-state index in [1.165, 1.54) is 4.90 Å². The number of rotatable bonds is 2. The van der Waals surface area contributed by atoms with E-state index < -0.39 is 17.8 Å². The highest BCUT2D eigenvalue weighted by Crippen LogP contribution is 2.29. The number of carboxylic acid groups (broad SMARTS) is 1. The number of aromatic nitrogens is 3. The number of aliphatic carboxylic acids is 1. The Labute approximate surface area is 119 Å². The number of anilines is 1. The SMILES string of the molecule is Nc1n[nH]c(C(=O)N2Cc3ccccc3C(C(=O)O)C2)n1. The van der Waals surface area contributed by atoms with Gasteiger partial charge in [-0.2, -0.15) is 4.98 Å². The Hall–Kier alpha value is -2.90. The second-order valence-corrected chi connectivity index (χ2v) is 4.82. The lowest BCUT2D eigenvalue weighted by atomic mass is 9.90. The van der Waals surface area contributed by atoms with Crippen LogP contribution in [0.15, 0.2) is 24.3 Å². The molecule has 1 unspecified atom stereocenters. The van der Waals surface area contributed by atoms with Crippen LogP contribution in [-0.2, 0) is 11.3 Å². The fourth-order valence-corrected chi connectivity index (χ4v) is 2.49. The van der Waals surface area contributed by atoms with Gasteiger partial charge in [0.2, 0.25) is 11.8 Å². The number of nitrogens with two attached hydrogens (primary N) is 1. The molecule has 21 heavy (non-hydrogen) atoms. The van der Waals surface area contributed by atoms with Crippen LogP contribution in [0.2, 0.25) is 0 Å². The van der Waals surface area contributed by atoms with E-state index in [1.807, 2.05) is 12.1 Å². The van der Waals surface area contributed by atoms with Crippen molar-refractivity contribution in [1.82, 2.24) is 20.1 Å². The summed E-state index contributed by atoms with van der Waals surface area (Å²) < 4.78 is 0. The molecule has 0 spiro atoms. The number of nitrogens with zero attached hydrogens (tertiary/aromatic N) is 3. The monoisotopic (exact) mass is 287 g/mol. The average Bonchev–Trinajstić information content (AvgIpc) is 2.91. The number of nitrogen functional groups attached to an aromatic ring is 1. The predicted molar refractivity (Wildman–Crippen MR) is 72.4 cm³/mol. The number of carbonyl (C=O) groups excluding carboxylic acids is 1. The topological polar surface area (TPSA) is 125 Å². The molecule has 1 aliphatic heterocycles. The number of benzene rings is 1. The Kier molecular flexibility index (Phi) is 3.05. The van der Waals surface area contributed by atoms with Crippen molar-refractivity contribution in [2.75, 3.05) is 12.3 Å². The third-order valence-corrected chi connectivity index (χ3v) is 3.49. The number of fused-ring (bicyclic) bond motifs is 1. The number of hydrogen-bond acceptors (Lipinski definition) is 5. The van der Waals surface area contributed by atoms with Crippen LogP contribution in [0, 0.1) is 0 Å². The molecule has 0 saturated heterocycles. The van der Waals surface area contributed by atoms with Gasteiger partial charge in [-0.25, -0.2) is 0 Å². The molecule has 8 nitrogen and oxygen atoms in total. The summed E-state index contributed by atoms with van der Waals surface area (Å²) in [4.78, 5) is 29.0. The first-order chi connectivity index (χ1) is 10.1. The standard InChI is InChI=1S/C13H13N5O3/c14-13-15-10(16-17-13)11(19)18-5-7-3-1-2-4-8(7)9(6-18)12(20)21/h1-4,9H,5-6H2,(H,20,21)(H3,14,15,16,17). The van der Waals surface area contributed by atoms with Crippen molar-refractivity contribution in [2.45, 2.75) is 12.5 Å². The molecule has 8 heteroatoms. The summed E-state index contributed by atoms with van der Waals surface area (Å²) >= 11 is 0. The molecule has 0 saturated carbocycles. The molecule has 1 amide bonds. The van der Waals surface area contributed by atoms with E-state index in [1.54, 1.807) is 12.1 Å². The number of nitrogens with one attached hydrogen (secondary N) is 1. The summed E-state index contributed by atoms with van der Waals surface area (Å²) in [5.41, 5.74) is 6.94. The van der Waals surface area contributed by atoms with Crippen molar-refractivity contribution < 1.29 is 14.7 Å². The van der Waals surface area contributed by atoms with Crippen LogP contribution >= 0.6 is 0 Å². The normalized spacial score (nSPS) is 17.3. The van der Waals surface area contributed by atoms with E-state index >= 15 is 0 Å². The molecule has 0 radical (unpaired) electrons. The second-order valence-electron chi connectivity index (χ2n) is 4.82. The first-order valence-electron chi connectivity index (χ1n) is 6.34. The molecule has 0 bridgehead atoms. The molecule has 1 aliphatic rings. The van der Waals surface area contributed by atoms with E-state index in [4.69, 9.17) is 5.73 Å². The molecular weight excluding hydrogens is 274 g/mol. The van der Waals surface area contributed by atoms with Gasteiger partial charge in [-0.05, 0) is 11.1 Å². The minimum atomic E-state index is -0.961. The molecule has 108 valence electrons. The second kappa shape index (κ2) is 4.89. The maximum Gasteiger partial charge on any atom is 0.312 e. The first kappa shape index (κ1) is 13.1. The zero-order chi connectivity index (χ0) is 15.0. The van der Waals surface area contributed by atoms with Gasteiger partial charge in [-0.1, -0.05) is 24.3 Å². The first-order valence-corrected chi connectivity index (χ1v) is 6.34. The van der Waals surface area contributed by atoms with Gasteiger partial charge in [0, 0.05) is 13.1 Å². The van der Waals surface area contributed by atoms with Gasteiger partial charge >= 0.3 is 5.97 Å². The summed E-state index contributed by atoms with van der Waals surface area (Å²) in [5.74, 6) is -2.14.